The van der Waals surface area contributed by atoms with Crippen LogP contribution >= 0.6 is 11.6 Å². The van der Waals surface area contributed by atoms with Gasteiger partial charge in [0.2, 0.25) is 0 Å². The fraction of sp³-hybridized carbons (Fsp3) is 0.444. The Balaban J connectivity index is 2.73. The molecule has 2 unspecified atom stereocenters. The molecule has 0 fully saturated rings. The molecule has 0 saturated heterocycles. The van der Waals surface area contributed by atoms with E-state index in [9.17, 15) is 10.2 Å². The summed E-state index contributed by atoms with van der Waals surface area (Å²) in [6, 6.07) is 1.39. The summed E-state index contributed by atoms with van der Waals surface area (Å²) >= 11 is 5.61. The number of anilines is 1. The summed E-state index contributed by atoms with van der Waals surface area (Å²) in [5, 5.41) is 22.9. The molecular weight excluding hydrogens is 246 g/mol. The average molecular weight is 258 g/mol. The Morgan fingerprint density at radius 2 is 2.29 bits per heavy atom. The predicted molar refractivity (Wildman–Crippen MR) is 63.3 cm³/mol. The smallest absolute Gasteiger partial charge is 0.131 e. The summed E-state index contributed by atoms with van der Waals surface area (Å²) in [6.07, 6.45) is -0.828. The van der Waals surface area contributed by atoms with Gasteiger partial charge in [0, 0.05) is 28.9 Å². The fourth-order valence-corrected chi connectivity index (χ4v) is 1.47. The van der Waals surface area contributed by atoms with Gasteiger partial charge in [-0.15, -0.1) is 0 Å². The van der Waals surface area contributed by atoms with Crippen molar-refractivity contribution in [3.05, 3.63) is 33.4 Å². The van der Waals surface area contributed by atoms with Gasteiger partial charge in [-0.25, -0.2) is 4.98 Å². The van der Waals surface area contributed by atoms with Crippen molar-refractivity contribution in [2.45, 2.75) is 18.6 Å². The third-order valence-corrected chi connectivity index (χ3v) is 2.41. The summed E-state index contributed by atoms with van der Waals surface area (Å²) in [5.74, 6) is 0. The molecule has 1 aromatic rings. The molecular formula is C9H12ClN5O2. The Hall–Kier alpha value is -1.53. The third-order valence-electron chi connectivity index (χ3n) is 2.21. The minimum absolute atomic E-state index is 0.0929. The van der Waals surface area contributed by atoms with Gasteiger partial charge in [-0.1, -0.05) is 16.7 Å². The Labute approximate surface area is 102 Å². The molecule has 2 atom stereocenters. The molecule has 7 nitrogen and oxygen atoms in total. The molecule has 0 amide bonds. The van der Waals surface area contributed by atoms with Crippen molar-refractivity contribution in [3.8, 4) is 0 Å². The summed E-state index contributed by atoms with van der Waals surface area (Å²) in [7, 11) is 0. The summed E-state index contributed by atoms with van der Waals surface area (Å²) < 4.78 is 0. The van der Waals surface area contributed by atoms with Crippen LogP contribution in [0, 0.1) is 0 Å². The molecule has 17 heavy (non-hydrogen) atoms. The highest BCUT2D eigenvalue weighted by atomic mass is 35.5. The van der Waals surface area contributed by atoms with Crippen molar-refractivity contribution in [3.63, 3.8) is 0 Å². The Kier molecular flexibility index (Phi) is 4.99. The lowest BCUT2D eigenvalue weighted by molar-refractivity contribution is 0.0153. The van der Waals surface area contributed by atoms with Crippen LogP contribution in [0.5, 0.6) is 0 Å². The van der Waals surface area contributed by atoms with Crippen molar-refractivity contribution in [1.29, 1.82) is 0 Å². The zero-order valence-electron chi connectivity index (χ0n) is 8.86. The van der Waals surface area contributed by atoms with E-state index in [4.69, 9.17) is 22.9 Å². The minimum atomic E-state index is -1.19. The van der Waals surface area contributed by atoms with E-state index in [1.54, 1.807) is 0 Å². The zero-order chi connectivity index (χ0) is 12.8. The number of nitrogens with zero attached hydrogens (tertiary/aromatic N) is 4. The number of nitrogens with two attached hydrogens (primary N) is 1. The number of aliphatic hydroxyl groups is 2. The predicted octanol–water partition coefficient (Wildman–Crippen LogP) is 1.41. The van der Waals surface area contributed by atoms with Crippen molar-refractivity contribution >= 4 is 17.3 Å². The van der Waals surface area contributed by atoms with Crippen LogP contribution < -0.4 is 5.73 Å². The highest BCUT2D eigenvalue weighted by Gasteiger charge is 2.20. The highest BCUT2D eigenvalue weighted by molar-refractivity contribution is 6.29. The lowest BCUT2D eigenvalue weighted by Gasteiger charge is -2.18. The number of aromatic nitrogens is 1. The van der Waals surface area contributed by atoms with E-state index in [-0.39, 0.29) is 23.8 Å². The molecule has 1 rings (SSSR count). The maximum absolute atomic E-state index is 9.81. The molecule has 0 radical (unpaired) electrons. The molecule has 0 bridgehead atoms. The van der Waals surface area contributed by atoms with E-state index in [2.05, 4.69) is 15.0 Å². The van der Waals surface area contributed by atoms with Crippen LogP contribution in [0.15, 0.2) is 17.4 Å². The number of hydrogen-bond acceptors (Lipinski definition) is 5. The molecule has 0 saturated carbocycles. The molecule has 0 spiro atoms. The first kappa shape index (κ1) is 13.5. The van der Waals surface area contributed by atoms with Crippen LogP contribution in [0.4, 0.5) is 5.69 Å². The zero-order valence-corrected chi connectivity index (χ0v) is 9.62. The van der Waals surface area contributed by atoms with Gasteiger partial charge in [-0.3, -0.25) is 0 Å². The molecule has 0 aromatic carbocycles. The van der Waals surface area contributed by atoms with Gasteiger partial charge >= 0.3 is 0 Å². The second-order valence-electron chi connectivity index (χ2n) is 3.39. The first-order valence-electron chi connectivity index (χ1n) is 4.84. The van der Waals surface area contributed by atoms with E-state index in [1.165, 1.54) is 12.3 Å². The van der Waals surface area contributed by atoms with Gasteiger partial charge in [0.25, 0.3) is 0 Å². The molecule has 0 aliphatic rings. The number of halogens is 1. The number of hydrogen-bond donors (Lipinski definition) is 3. The molecule has 4 N–H and O–H groups in total. The van der Waals surface area contributed by atoms with Gasteiger partial charge in [-0.2, -0.15) is 0 Å². The van der Waals surface area contributed by atoms with E-state index >= 15 is 0 Å². The van der Waals surface area contributed by atoms with Crippen LogP contribution in [-0.2, 0) is 0 Å². The Bertz CT molecular complexity index is 435. The fourth-order valence-electron chi connectivity index (χ4n) is 1.30. The van der Waals surface area contributed by atoms with Gasteiger partial charge < -0.3 is 15.9 Å². The van der Waals surface area contributed by atoms with Crippen LogP contribution in [0.25, 0.3) is 10.4 Å². The maximum atomic E-state index is 9.81. The lowest BCUT2D eigenvalue weighted by Crippen LogP contribution is -2.20. The second-order valence-corrected chi connectivity index (χ2v) is 3.78. The van der Waals surface area contributed by atoms with Crippen LogP contribution in [0.2, 0.25) is 5.15 Å². The first-order valence-corrected chi connectivity index (χ1v) is 5.22. The normalized spacial score (nSPS) is 13.8. The summed E-state index contributed by atoms with van der Waals surface area (Å²) in [5.41, 5.74) is 14.3. The summed E-state index contributed by atoms with van der Waals surface area (Å²) in [6.45, 7) is 0.0929. The highest BCUT2D eigenvalue weighted by Crippen LogP contribution is 2.25. The number of nitrogen functional groups attached to an aromatic ring is 1. The SMILES string of the molecule is [N-]=[N+]=NCCC(O)C(O)c1cnc(Cl)cc1N. The lowest BCUT2D eigenvalue weighted by atomic mass is 10.0. The van der Waals surface area contributed by atoms with Crippen LogP contribution in [0.1, 0.15) is 18.1 Å². The number of rotatable bonds is 5. The first-order chi connectivity index (χ1) is 8.06. The van der Waals surface area contributed by atoms with Gasteiger partial charge in [-0.05, 0) is 18.0 Å². The molecule has 8 heteroatoms. The summed E-state index contributed by atoms with van der Waals surface area (Å²) in [4.78, 5) is 6.32. The Morgan fingerprint density at radius 3 is 2.88 bits per heavy atom. The number of pyridine rings is 1. The van der Waals surface area contributed by atoms with Crippen LogP contribution in [0.3, 0.4) is 0 Å². The van der Waals surface area contributed by atoms with Crippen molar-refractivity contribution in [2.24, 2.45) is 5.11 Å². The van der Waals surface area contributed by atoms with Crippen LogP contribution in [-0.4, -0.2) is 27.8 Å². The van der Waals surface area contributed by atoms with Gasteiger partial charge in [0.1, 0.15) is 11.3 Å². The standard InChI is InChI=1S/C9H12ClN5O2/c10-8-3-6(11)5(4-13-8)9(17)7(16)1-2-14-15-12/h3-4,7,9,16-17H,1-2H2,(H2,11,13). The second kappa shape index (κ2) is 6.27. The largest absolute Gasteiger partial charge is 0.398 e. The van der Waals surface area contributed by atoms with E-state index < -0.39 is 12.2 Å². The number of azide groups is 1. The molecule has 0 aliphatic heterocycles. The molecule has 1 heterocycles. The van der Waals surface area contributed by atoms with E-state index in [0.717, 1.165) is 0 Å². The average Bonchev–Trinajstić information content (AvgIpc) is 2.28. The molecule has 92 valence electrons. The van der Waals surface area contributed by atoms with E-state index in [0.29, 0.717) is 5.56 Å². The number of aliphatic hydroxyl groups excluding tert-OH is 2. The van der Waals surface area contributed by atoms with Crippen molar-refractivity contribution in [2.75, 3.05) is 12.3 Å². The monoisotopic (exact) mass is 257 g/mol. The van der Waals surface area contributed by atoms with Gasteiger partial charge in [0.05, 0.1) is 6.10 Å². The molecule has 1 aromatic heterocycles. The topological polar surface area (TPSA) is 128 Å². The quantitative estimate of drug-likeness (QED) is 0.319. The third kappa shape index (κ3) is 3.76. The van der Waals surface area contributed by atoms with E-state index in [1.807, 2.05) is 0 Å². The van der Waals surface area contributed by atoms with Crippen molar-refractivity contribution in [1.82, 2.24) is 4.98 Å². The Morgan fingerprint density at radius 1 is 1.59 bits per heavy atom. The molecule has 0 aliphatic carbocycles. The minimum Gasteiger partial charge on any atom is -0.398 e. The maximum Gasteiger partial charge on any atom is 0.131 e. The van der Waals surface area contributed by atoms with Crippen molar-refractivity contribution < 1.29 is 10.2 Å². The van der Waals surface area contributed by atoms with Gasteiger partial charge in [0.15, 0.2) is 0 Å².